The van der Waals surface area contributed by atoms with Gasteiger partial charge < -0.3 is 14.7 Å². The quantitative estimate of drug-likeness (QED) is 0.700. The molecule has 70 valence electrons. The number of aliphatic carboxylic acids is 2. The van der Waals surface area contributed by atoms with E-state index in [0.717, 1.165) is 0 Å². The van der Waals surface area contributed by atoms with E-state index in [-0.39, 0.29) is 5.69 Å². The van der Waals surface area contributed by atoms with Gasteiger partial charge in [0.15, 0.2) is 0 Å². The molecule has 0 radical (unpaired) electrons. The lowest BCUT2D eigenvalue weighted by Crippen LogP contribution is -2.16. The van der Waals surface area contributed by atoms with Crippen molar-refractivity contribution in [2.24, 2.45) is 0 Å². The van der Waals surface area contributed by atoms with Crippen molar-refractivity contribution < 1.29 is 24.3 Å². The van der Waals surface area contributed by atoms with Gasteiger partial charge in [0.05, 0.1) is 12.1 Å². The van der Waals surface area contributed by atoms with Gasteiger partial charge in [-0.15, -0.1) is 0 Å². The zero-order valence-electron chi connectivity index (χ0n) is 6.51. The number of carbonyl (C=O) groups is 2. The van der Waals surface area contributed by atoms with Crippen LogP contribution in [0.5, 0.6) is 0 Å². The van der Waals surface area contributed by atoms with Crippen molar-refractivity contribution in [3.63, 3.8) is 0 Å². The van der Waals surface area contributed by atoms with Crippen LogP contribution in [0.15, 0.2) is 16.9 Å². The molecule has 0 spiro atoms. The number of aromatic nitrogens is 1. The van der Waals surface area contributed by atoms with Crippen molar-refractivity contribution in [3.05, 3.63) is 18.0 Å². The lowest BCUT2D eigenvalue weighted by atomic mass is 10.0. The molecule has 1 atom stereocenters. The molecule has 0 bridgehead atoms. The molecular formula is C7H7NO5. The fraction of sp³-hybridized carbons (Fsp3) is 0.286. The number of hydrogen-bond acceptors (Lipinski definition) is 4. The highest BCUT2D eigenvalue weighted by molar-refractivity contribution is 5.81. The summed E-state index contributed by atoms with van der Waals surface area (Å²) in [7, 11) is 0. The molecule has 0 fully saturated rings. The molecule has 0 aliphatic rings. The van der Waals surface area contributed by atoms with Gasteiger partial charge in [-0.05, 0) is 0 Å². The van der Waals surface area contributed by atoms with Crippen LogP contribution < -0.4 is 0 Å². The number of carboxylic acids is 2. The number of rotatable bonds is 4. The summed E-state index contributed by atoms with van der Waals surface area (Å²) < 4.78 is 4.42. The Morgan fingerprint density at radius 3 is 2.62 bits per heavy atom. The second-order valence-electron chi connectivity index (χ2n) is 2.41. The molecule has 1 heterocycles. The van der Waals surface area contributed by atoms with Gasteiger partial charge in [0, 0.05) is 6.07 Å². The molecule has 13 heavy (non-hydrogen) atoms. The van der Waals surface area contributed by atoms with Crippen LogP contribution in [-0.4, -0.2) is 27.3 Å². The molecular weight excluding hydrogens is 178 g/mol. The maximum absolute atomic E-state index is 10.6. The monoisotopic (exact) mass is 185 g/mol. The third kappa shape index (κ3) is 2.29. The van der Waals surface area contributed by atoms with Crippen LogP contribution in [0.25, 0.3) is 0 Å². The molecule has 1 aromatic rings. The molecule has 0 saturated heterocycles. The average Bonchev–Trinajstić information content (AvgIpc) is 2.50. The Bertz CT molecular complexity index is 305. The minimum absolute atomic E-state index is 0.120. The Kier molecular flexibility index (Phi) is 2.63. The van der Waals surface area contributed by atoms with Crippen molar-refractivity contribution in [2.75, 3.05) is 0 Å². The molecule has 2 N–H and O–H groups in total. The van der Waals surface area contributed by atoms with Crippen LogP contribution in [0.2, 0.25) is 0 Å². The fourth-order valence-electron chi connectivity index (χ4n) is 0.895. The molecule has 1 rings (SSSR count). The second kappa shape index (κ2) is 3.70. The minimum Gasteiger partial charge on any atom is -0.481 e. The SMILES string of the molecule is O=C(O)CC(C(=O)O)c1ccon1. The fourth-order valence-corrected chi connectivity index (χ4v) is 0.895. The Morgan fingerprint density at radius 1 is 1.54 bits per heavy atom. The summed E-state index contributed by atoms with van der Waals surface area (Å²) in [6.07, 6.45) is 0.703. The van der Waals surface area contributed by atoms with E-state index in [1.807, 2.05) is 0 Å². The molecule has 6 heteroatoms. The molecule has 1 aromatic heterocycles. The predicted molar refractivity (Wildman–Crippen MR) is 39.1 cm³/mol. The van der Waals surface area contributed by atoms with E-state index in [1.54, 1.807) is 0 Å². The van der Waals surface area contributed by atoms with E-state index in [0.29, 0.717) is 0 Å². The molecule has 0 aliphatic carbocycles. The van der Waals surface area contributed by atoms with E-state index in [4.69, 9.17) is 10.2 Å². The van der Waals surface area contributed by atoms with Crippen LogP contribution in [0, 0.1) is 0 Å². The molecule has 1 unspecified atom stereocenters. The van der Waals surface area contributed by atoms with Crippen molar-refractivity contribution in [2.45, 2.75) is 12.3 Å². The zero-order chi connectivity index (χ0) is 9.84. The molecule has 0 aliphatic heterocycles. The van der Waals surface area contributed by atoms with E-state index < -0.39 is 24.3 Å². The summed E-state index contributed by atoms with van der Waals surface area (Å²) in [4.78, 5) is 20.9. The zero-order valence-corrected chi connectivity index (χ0v) is 6.51. The standard InChI is InChI=1S/C7H7NO5/c9-6(10)3-4(7(11)12)5-1-2-13-8-5/h1-2,4H,3H2,(H,9,10)(H,11,12). The predicted octanol–water partition coefficient (Wildman–Crippen LogP) is 0.318. The van der Waals surface area contributed by atoms with Crippen molar-refractivity contribution in [1.82, 2.24) is 5.16 Å². The summed E-state index contributed by atoms with van der Waals surface area (Å²) in [6.45, 7) is 0. The maximum Gasteiger partial charge on any atom is 0.313 e. The van der Waals surface area contributed by atoms with Gasteiger partial charge in [0.1, 0.15) is 12.2 Å². The van der Waals surface area contributed by atoms with E-state index in [2.05, 4.69) is 9.68 Å². The molecule has 0 saturated carbocycles. The van der Waals surface area contributed by atoms with Gasteiger partial charge in [0.25, 0.3) is 0 Å². The van der Waals surface area contributed by atoms with E-state index in [9.17, 15) is 9.59 Å². The average molecular weight is 185 g/mol. The highest BCUT2D eigenvalue weighted by Gasteiger charge is 2.25. The van der Waals surface area contributed by atoms with Gasteiger partial charge in [-0.3, -0.25) is 9.59 Å². The first kappa shape index (κ1) is 9.24. The Balaban J connectivity index is 2.81. The lowest BCUT2D eigenvalue weighted by molar-refractivity contribution is -0.145. The third-order valence-corrected chi connectivity index (χ3v) is 1.49. The van der Waals surface area contributed by atoms with Gasteiger partial charge in [-0.1, -0.05) is 5.16 Å². The first-order chi connectivity index (χ1) is 6.11. The topological polar surface area (TPSA) is 101 Å². The largest absolute Gasteiger partial charge is 0.481 e. The van der Waals surface area contributed by atoms with E-state index in [1.165, 1.54) is 12.3 Å². The van der Waals surface area contributed by atoms with Crippen molar-refractivity contribution >= 4 is 11.9 Å². The number of hydrogen-bond donors (Lipinski definition) is 2. The summed E-state index contributed by atoms with van der Waals surface area (Å²) in [5, 5.41) is 20.4. The van der Waals surface area contributed by atoms with Crippen molar-refractivity contribution in [3.8, 4) is 0 Å². The normalized spacial score (nSPS) is 12.3. The maximum atomic E-state index is 10.6. The van der Waals surface area contributed by atoms with Crippen LogP contribution in [0.3, 0.4) is 0 Å². The van der Waals surface area contributed by atoms with Crippen LogP contribution in [-0.2, 0) is 9.59 Å². The molecule has 0 amide bonds. The lowest BCUT2D eigenvalue weighted by Gasteiger charge is -2.04. The number of nitrogens with zero attached hydrogens (tertiary/aromatic N) is 1. The Morgan fingerprint density at radius 2 is 2.23 bits per heavy atom. The first-order valence-electron chi connectivity index (χ1n) is 3.46. The van der Waals surface area contributed by atoms with Crippen molar-refractivity contribution in [1.29, 1.82) is 0 Å². The van der Waals surface area contributed by atoms with Gasteiger partial charge in [0.2, 0.25) is 0 Å². The Hall–Kier alpha value is -1.85. The van der Waals surface area contributed by atoms with Crippen LogP contribution in [0.4, 0.5) is 0 Å². The Labute approximate surface area is 72.8 Å². The van der Waals surface area contributed by atoms with Crippen LogP contribution in [0.1, 0.15) is 18.0 Å². The highest BCUT2D eigenvalue weighted by Crippen LogP contribution is 2.17. The van der Waals surface area contributed by atoms with Gasteiger partial charge >= 0.3 is 11.9 Å². The molecule has 0 aromatic carbocycles. The smallest absolute Gasteiger partial charge is 0.313 e. The summed E-state index contributed by atoms with van der Waals surface area (Å²) in [5.74, 6) is -3.55. The van der Waals surface area contributed by atoms with Gasteiger partial charge in [-0.25, -0.2) is 0 Å². The van der Waals surface area contributed by atoms with E-state index >= 15 is 0 Å². The highest BCUT2D eigenvalue weighted by atomic mass is 16.5. The first-order valence-corrected chi connectivity index (χ1v) is 3.46. The second-order valence-corrected chi connectivity index (χ2v) is 2.41. The van der Waals surface area contributed by atoms with Crippen LogP contribution >= 0.6 is 0 Å². The summed E-state index contributed by atoms with van der Waals surface area (Å²) in [6, 6.07) is 1.34. The summed E-state index contributed by atoms with van der Waals surface area (Å²) in [5.41, 5.74) is 0.120. The number of carboxylic acid groups (broad SMARTS) is 2. The van der Waals surface area contributed by atoms with Gasteiger partial charge in [-0.2, -0.15) is 0 Å². The molecule has 6 nitrogen and oxygen atoms in total. The third-order valence-electron chi connectivity index (χ3n) is 1.49. The minimum atomic E-state index is -1.23. The summed E-state index contributed by atoms with van der Waals surface area (Å²) >= 11 is 0.